The highest BCUT2D eigenvalue weighted by Gasteiger charge is 2.33. The van der Waals surface area contributed by atoms with E-state index in [1.807, 2.05) is 13.8 Å². The van der Waals surface area contributed by atoms with Crippen molar-refractivity contribution in [1.82, 2.24) is 23.8 Å². The zero-order valence-electron chi connectivity index (χ0n) is 15.2. The lowest BCUT2D eigenvalue weighted by molar-refractivity contribution is 0.412. The molecule has 9 nitrogen and oxygen atoms in total. The smallest absolute Gasteiger partial charge is 0.332 e. The summed E-state index contributed by atoms with van der Waals surface area (Å²) < 4.78 is 39.7. The van der Waals surface area contributed by atoms with Crippen LogP contribution in [0.15, 0.2) is 33.3 Å². The van der Waals surface area contributed by atoms with Gasteiger partial charge in [0.15, 0.2) is 0 Å². The van der Waals surface area contributed by atoms with Gasteiger partial charge in [0.2, 0.25) is 5.82 Å². The predicted molar refractivity (Wildman–Crippen MR) is 104 cm³/mol. The van der Waals surface area contributed by atoms with Crippen molar-refractivity contribution < 1.29 is 17.5 Å². The van der Waals surface area contributed by atoms with Gasteiger partial charge in [-0.1, -0.05) is 5.16 Å². The van der Waals surface area contributed by atoms with E-state index in [1.165, 1.54) is 14.1 Å². The molecule has 0 saturated heterocycles. The third kappa shape index (κ3) is 3.43. The number of nitrogens with zero attached hydrogens (tertiary/aromatic N) is 5. The van der Waals surface area contributed by atoms with Crippen LogP contribution in [0.5, 0.6) is 0 Å². The first-order valence-corrected chi connectivity index (χ1v) is 10.2. The summed E-state index contributed by atoms with van der Waals surface area (Å²) in [5, 5.41) is 8.42. The van der Waals surface area contributed by atoms with Gasteiger partial charge in [0, 0.05) is 24.2 Å². The minimum absolute atomic E-state index is 0.331. The van der Waals surface area contributed by atoms with Crippen molar-refractivity contribution in [3.05, 3.63) is 34.4 Å². The number of benzene rings is 1. The second kappa shape index (κ2) is 6.82. The van der Waals surface area contributed by atoms with Crippen LogP contribution in [0.4, 0.5) is 5.69 Å². The number of rotatable bonds is 5. The van der Waals surface area contributed by atoms with Gasteiger partial charge in [0.25, 0.3) is 5.89 Å². The quantitative estimate of drug-likeness (QED) is 0.463. The van der Waals surface area contributed by atoms with E-state index in [-0.39, 0.29) is 0 Å². The molecule has 2 heterocycles. The maximum Gasteiger partial charge on any atom is 0.437 e. The molecule has 1 N–H and O–H groups in total. The van der Waals surface area contributed by atoms with E-state index in [4.69, 9.17) is 4.52 Å². The van der Waals surface area contributed by atoms with Gasteiger partial charge in [-0.3, -0.25) is 4.68 Å². The molecule has 2 aromatic heterocycles. The highest BCUT2D eigenvalue weighted by molar-refractivity contribution is 9.10. The molecule has 0 spiro atoms. The zero-order valence-corrected chi connectivity index (χ0v) is 17.6. The van der Waals surface area contributed by atoms with Crippen LogP contribution in [0.3, 0.4) is 0 Å². The molecule has 3 aromatic rings. The summed E-state index contributed by atoms with van der Waals surface area (Å²) in [4.78, 5) is 4.43. The summed E-state index contributed by atoms with van der Waals surface area (Å²) in [5.41, 5.74) is 2.57. The number of hydrogen-bond donors (Lipinski definition) is 1. The normalized spacial score (nSPS) is 12.5. The molecule has 0 atom stereocenters. The van der Waals surface area contributed by atoms with Crippen LogP contribution in [-0.4, -0.2) is 47.0 Å². The van der Waals surface area contributed by atoms with Crippen LogP contribution in [-0.2, 0) is 16.8 Å². The Labute approximate surface area is 165 Å². The highest BCUT2D eigenvalue weighted by Crippen LogP contribution is 2.32. The maximum atomic E-state index is 11.5. The van der Waals surface area contributed by atoms with E-state index in [9.17, 15) is 13.0 Å². The van der Waals surface area contributed by atoms with Crippen molar-refractivity contribution in [1.29, 1.82) is 0 Å². The summed E-state index contributed by atoms with van der Waals surface area (Å²) in [7, 11) is -1.55. The Hall–Kier alpha value is -2.08. The summed E-state index contributed by atoms with van der Waals surface area (Å²) in [5.74, 6) is 0.694. The Balaban J connectivity index is 1.97. The van der Waals surface area contributed by atoms with Crippen molar-refractivity contribution in [3.63, 3.8) is 0 Å². The molecule has 0 bridgehead atoms. The van der Waals surface area contributed by atoms with Crippen molar-refractivity contribution in [2.75, 3.05) is 14.1 Å². The lowest BCUT2D eigenvalue weighted by Gasteiger charge is -2.23. The van der Waals surface area contributed by atoms with E-state index < -0.39 is 14.2 Å². The van der Waals surface area contributed by atoms with E-state index in [0.717, 1.165) is 10.2 Å². The third-order valence-electron chi connectivity index (χ3n) is 4.31. The van der Waals surface area contributed by atoms with E-state index in [1.54, 1.807) is 28.9 Å². The van der Waals surface area contributed by atoms with Crippen LogP contribution >= 0.6 is 15.9 Å². The molecule has 0 aliphatic heterocycles. The van der Waals surface area contributed by atoms with Crippen LogP contribution in [0, 0.1) is 6.92 Å². The standard InChI is InChI=1S/C16H18BrN5O4S/c1-5-21-14(13(17)10(2)19-21)16-18-15(20-26-16)11-6-8-12(9-7-11)22(3,4)27(23,24)25/h6-9H,5H2,1-4H3/p+1. The van der Waals surface area contributed by atoms with Crippen LogP contribution in [0.1, 0.15) is 12.6 Å². The van der Waals surface area contributed by atoms with Gasteiger partial charge in [0.05, 0.1) is 24.3 Å². The highest BCUT2D eigenvalue weighted by atomic mass is 79.9. The Bertz CT molecular complexity index is 1090. The lowest BCUT2D eigenvalue weighted by atomic mass is 10.2. The van der Waals surface area contributed by atoms with Crippen molar-refractivity contribution >= 4 is 31.9 Å². The first-order chi connectivity index (χ1) is 12.6. The minimum Gasteiger partial charge on any atom is -0.332 e. The van der Waals surface area contributed by atoms with Gasteiger partial charge < -0.3 is 4.52 Å². The third-order valence-corrected chi connectivity index (χ3v) is 6.62. The molecule has 27 heavy (non-hydrogen) atoms. The van der Waals surface area contributed by atoms with Gasteiger partial charge in [-0.25, -0.2) is 4.55 Å². The van der Waals surface area contributed by atoms with Gasteiger partial charge >= 0.3 is 10.3 Å². The van der Waals surface area contributed by atoms with Gasteiger partial charge in [-0.15, -0.1) is 8.42 Å². The average Bonchev–Trinajstić information content (AvgIpc) is 3.19. The van der Waals surface area contributed by atoms with E-state index in [2.05, 4.69) is 31.2 Å². The fraction of sp³-hybridized carbons (Fsp3) is 0.312. The first-order valence-electron chi connectivity index (χ1n) is 8.05. The Kier molecular flexibility index (Phi) is 4.97. The SMILES string of the molecule is CCn1nc(C)c(Br)c1-c1nc(-c2ccc([N+](C)(C)S(=O)(=O)O)cc2)no1. The predicted octanol–water partition coefficient (Wildman–Crippen LogP) is 3.06. The van der Waals surface area contributed by atoms with Crippen molar-refractivity contribution in [3.8, 4) is 23.0 Å². The molecule has 0 saturated carbocycles. The van der Waals surface area contributed by atoms with Crippen molar-refractivity contribution in [2.24, 2.45) is 0 Å². The molecule has 0 aliphatic rings. The molecule has 144 valence electrons. The molecule has 11 heteroatoms. The van der Waals surface area contributed by atoms with E-state index in [0.29, 0.717) is 35.2 Å². The maximum absolute atomic E-state index is 11.5. The second-order valence-corrected chi connectivity index (χ2v) is 8.93. The van der Waals surface area contributed by atoms with Crippen molar-refractivity contribution in [2.45, 2.75) is 20.4 Å². The molecular weight excluding hydrogens is 438 g/mol. The number of quaternary nitrogens is 1. The molecule has 1 aromatic carbocycles. The minimum atomic E-state index is -4.30. The monoisotopic (exact) mass is 456 g/mol. The first kappa shape index (κ1) is 19.7. The summed E-state index contributed by atoms with van der Waals surface area (Å²) in [6.45, 7) is 4.50. The number of aryl methyl sites for hydroxylation is 2. The zero-order chi connectivity index (χ0) is 20.0. The Morgan fingerprint density at radius 2 is 1.89 bits per heavy atom. The number of hydrogen-bond acceptors (Lipinski definition) is 6. The number of halogens is 1. The van der Waals surface area contributed by atoms with Crippen LogP contribution < -0.4 is 3.89 Å². The fourth-order valence-corrected chi connectivity index (χ4v) is 3.37. The van der Waals surface area contributed by atoms with Gasteiger partial charge in [0.1, 0.15) is 11.4 Å². The summed E-state index contributed by atoms with van der Waals surface area (Å²) in [6, 6.07) is 6.53. The summed E-state index contributed by atoms with van der Waals surface area (Å²) in [6.07, 6.45) is 0. The molecule has 3 rings (SSSR count). The molecule has 0 unspecified atom stereocenters. The Morgan fingerprint density at radius 3 is 2.44 bits per heavy atom. The molecule has 0 aliphatic carbocycles. The van der Waals surface area contributed by atoms with E-state index >= 15 is 0 Å². The topological polar surface area (TPSA) is 111 Å². The average molecular weight is 457 g/mol. The van der Waals surface area contributed by atoms with Crippen LogP contribution in [0.2, 0.25) is 0 Å². The molecule has 0 fully saturated rings. The van der Waals surface area contributed by atoms with Crippen LogP contribution in [0.25, 0.3) is 23.0 Å². The lowest BCUT2D eigenvalue weighted by Crippen LogP contribution is -2.45. The number of aromatic nitrogens is 4. The van der Waals surface area contributed by atoms with Gasteiger partial charge in [-0.2, -0.15) is 14.0 Å². The fourth-order valence-electron chi connectivity index (χ4n) is 2.53. The molecule has 0 amide bonds. The second-order valence-electron chi connectivity index (χ2n) is 6.33. The summed E-state index contributed by atoms with van der Waals surface area (Å²) >= 11 is 3.50. The molecule has 0 radical (unpaired) electrons. The molecular formula is C16H19BrN5O4S+. The van der Waals surface area contributed by atoms with Gasteiger partial charge in [-0.05, 0) is 41.9 Å². The largest absolute Gasteiger partial charge is 0.437 e. The Morgan fingerprint density at radius 1 is 1.26 bits per heavy atom.